The van der Waals surface area contributed by atoms with Gasteiger partial charge in [-0.25, -0.2) is 4.57 Å². The summed E-state index contributed by atoms with van der Waals surface area (Å²) in [5, 5.41) is 13.8. The quantitative estimate of drug-likeness (QED) is 0.396. The van der Waals surface area contributed by atoms with Crippen LogP contribution in [0.4, 0.5) is 0 Å². The molecule has 0 unspecified atom stereocenters. The Morgan fingerprint density at radius 2 is 1.78 bits per heavy atom. The molecule has 7 heteroatoms. The van der Waals surface area contributed by atoms with Gasteiger partial charge in [-0.2, -0.15) is 0 Å². The first-order valence-corrected chi connectivity index (χ1v) is 7.64. The smallest absolute Gasteiger partial charge is 0.169 e. The van der Waals surface area contributed by atoms with Crippen molar-refractivity contribution in [1.82, 2.24) is 0 Å². The van der Waals surface area contributed by atoms with Gasteiger partial charge in [0.1, 0.15) is 6.61 Å². The summed E-state index contributed by atoms with van der Waals surface area (Å²) in [6.45, 7) is 1.20. The van der Waals surface area contributed by atoms with E-state index >= 15 is 0 Å². The first-order chi connectivity index (χ1) is 10.7. The van der Waals surface area contributed by atoms with Crippen LogP contribution in [-0.2, 0) is 18.0 Å². The van der Waals surface area contributed by atoms with Gasteiger partial charge in [-0.15, -0.1) is 0 Å². The van der Waals surface area contributed by atoms with E-state index in [0.717, 1.165) is 24.1 Å². The van der Waals surface area contributed by atoms with E-state index in [1.165, 1.54) is 0 Å². The van der Waals surface area contributed by atoms with Gasteiger partial charge in [0, 0.05) is 46.3 Å². The summed E-state index contributed by atoms with van der Waals surface area (Å²) in [4.78, 5) is 5.24. The highest BCUT2D eigenvalue weighted by molar-refractivity contribution is 6.35. The van der Waals surface area contributed by atoms with Crippen LogP contribution in [0.15, 0.2) is 47.9 Å². The molecule has 2 rings (SSSR count). The van der Waals surface area contributed by atoms with Crippen molar-refractivity contribution in [3.8, 4) is 0 Å². The lowest BCUT2D eigenvalue weighted by atomic mass is 10.2. The van der Waals surface area contributed by atoms with Crippen LogP contribution in [0.2, 0.25) is 10.0 Å². The van der Waals surface area contributed by atoms with Crippen molar-refractivity contribution in [1.29, 1.82) is 0 Å². The molecule has 0 aliphatic carbocycles. The van der Waals surface area contributed by atoms with Crippen LogP contribution in [0.5, 0.6) is 0 Å². The van der Waals surface area contributed by atoms with Crippen LogP contribution in [0.3, 0.4) is 0 Å². The molecule has 2 aromatic rings. The lowest BCUT2D eigenvalue weighted by molar-refractivity contribution is -0.697. The lowest BCUT2D eigenvalue weighted by Crippen LogP contribution is -3.00. The second-order valence-corrected chi connectivity index (χ2v) is 5.47. The molecule has 0 saturated heterocycles. The molecule has 1 aromatic heterocycles. The molecule has 23 heavy (non-hydrogen) atoms. The molecule has 0 bridgehead atoms. The molecule has 1 aromatic carbocycles. The number of aromatic nitrogens is 1. The number of hydrogen-bond donors (Lipinski definition) is 1. The zero-order valence-electron chi connectivity index (χ0n) is 12.3. The van der Waals surface area contributed by atoms with Crippen molar-refractivity contribution >= 4 is 29.4 Å². The summed E-state index contributed by atoms with van der Waals surface area (Å²) in [7, 11) is 0. The number of benzene rings is 1. The van der Waals surface area contributed by atoms with Crippen LogP contribution in [0.1, 0.15) is 17.5 Å². The first kappa shape index (κ1) is 19.9. The summed E-state index contributed by atoms with van der Waals surface area (Å²) < 4.78 is 2.00. The number of aryl methyl sites for hydroxylation is 1. The average molecular weight is 420 g/mol. The Labute approximate surface area is 156 Å². The Hall–Kier alpha value is -1.14. The van der Waals surface area contributed by atoms with Gasteiger partial charge in [0.15, 0.2) is 18.9 Å². The fraction of sp³-hybridized carbons (Fsp3) is 0.250. The molecule has 1 heterocycles. The van der Waals surface area contributed by atoms with Crippen molar-refractivity contribution < 1.29 is 31.5 Å². The topological polar surface area (TPSA) is 45.7 Å². The minimum absolute atomic E-state index is 0. The highest BCUT2D eigenvalue weighted by Gasteiger charge is 2.05. The van der Waals surface area contributed by atoms with Crippen LogP contribution in [-0.4, -0.2) is 17.9 Å². The van der Waals surface area contributed by atoms with Gasteiger partial charge in [0.2, 0.25) is 0 Å². The van der Waals surface area contributed by atoms with E-state index in [1.807, 2.05) is 29.1 Å². The summed E-state index contributed by atoms with van der Waals surface area (Å²) in [5.74, 6) is 0. The number of oxime groups is 1. The van der Waals surface area contributed by atoms with E-state index in [-0.39, 0.29) is 30.2 Å². The molecule has 0 aliphatic rings. The van der Waals surface area contributed by atoms with E-state index in [0.29, 0.717) is 10.0 Å². The maximum Gasteiger partial charge on any atom is 0.169 e. The van der Waals surface area contributed by atoms with Crippen molar-refractivity contribution in [3.63, 3.8) is 0 Å². The molecule has 4 nitrogen and oxygen atoms in total. The zero-order valence-corrected chi connectivity index (χ0v) is 15.4. The standard InChI is InChI=1S/C16H17Cl2N2O2.BrH/c17-15-3-1-4-16(18)14(15)12-22-19-11-13-5-8-20(9-6-13)7-2-10-21;/h1,3-6,8-9,11,21H,2,7,10,12H2;1H/q+1;/p-1/b19-11+;. The van der Waals surface area contributed by atoms with E-state index in [9.17, 15) is 0 Å². The number of halogens is 3. The number of hydrogen-bond acceptors (Lipinski definition) is 3. The highest BCUT2D eigenvalue weighted by Crippen LogP contribution is 2.24. The summed E-state index contributed by atoms with van der Waals surface area (Å²) >= 11 is 12.1. The molecule has 0 aliphatic heterocycles. The fourth-order valence-corrected chi connectivity index (χ4v) is 2.33. The number of rotatable bonds is 7. The normalized spacial score (nSPS) is 10.6. The van der Waals surface area contributed by atoms with Gasteiger partial charge in [-0.1, -0.05) is 34.4 Å². The predicted octanol–water partition coefficient (Wildman–Crippen LogP) is 0.218. The fourth-order valence-electron chi connectivity index (χ4n) is 1.83. The van der Waals surface area contributed by atoms with Crippen molar-refractivity contribution in [2.45, 2.75) is 19.6 Å². The third-order valence-electron chi connectivity index (χ3n) is 3.04. The summed E-state index contributed by atoms with van der Waals surface area (Å²) in [5.41, 5.74) is 1.64. The number of aliphatic hydroxyl groups excluding tert-OH is 1. The second kappa shape index (κ2) is 10.6. The van der Waals surface area contributed by atoms with Crippen molar-refractivity contribution in [3.05, 3.63) is 63.9 Å². The second-order valence-electron chi connectivity index (χ2n) is 4.65. The molecular formula is C16H17BrCl2N2O2. The highest BCUT2D eigenvalue weighted by atomic mass is 79.9. The van der Waals surface area contributed by atoms with Gasteiger partial charge in [-0.05, 0) is 12.1 Å². The Morgan fingerprint density at radius 3 is 2.39 bits per heavy atom. The molecule has 0 saturated carbocycles. The van der Waals surface area contributed by atoms with Crippen LogP contribution >= 0.6 is 23.2 Å². The maximum absolute atomic E-state index is 8.79. The van der Waals surface area contributed by atoms with Crippen LogP contribution < -0.4 is 21.5 Å². The number of nitrogens with zero attached hydrogens (tertiary/aromatic N) is 2. The SMILES string of the molecule is OCCC[n+]1ccc(/C=N/OCc2c(Cl)cccc2Cl)cc1.[Br-]. The minimum atomic E-state index is 0. The average Bonchev–Trinajstić information content (AvgIpc) is 2.53. The number of pyridine rings is 1. The monoisotopic (exact) mass is 418 g/mol. The first-order valence-electron chi connectivity index (χ1n) is 6.89. The van der Waals surface area contributed by atoms with E-state index in [1.54, 1.807) is 24.4 Å². The van der Waals surface area contributed by atoms with Gasteiger partial charge in [0.05, 0.1) is 6.21 Å². The van der Waals surface area contributed by atoms with Crippen LogP contribution in [0.25, 0.3) is 0 Å². The maximum atomic E-state index is 8.79. The third kappa shape index (κ3) is 6.47. The van der Waals surface area contributed by atoms with Crippen molar-refractivity contribution in [2.24, 2.45) is 5.16 Å². The largest absolute Gasteiger partial charge is 1.00 e. The molecular weight excluding hydrogens is 403 g/mol. The molecule has 0 spiro atoms. The predicted molar refractivity (Wildman–Crippen MR) is 87.2 cm³/mol. The van der Waals surface area contributed by atoms with Crippen LogP contribution in [0, 0.1) is 0 Å². The lowest BCUT2D eigenvalue weighted by Gasteiger charge is -2.04. The molecule has 124 valence electrons. The van der Waals surface area contributed by atoms with Gasteiger partial charge < -0.3 is 26.9 Å². The van der Waals surface area contributed by atoms with E-state index in [4.69, 9.17) is 33.1 Å². The molecule has 0 fully saturated rings. The summed E-state index contributed by atoms with van der Waals surface area (Å²) in [6, 6.07) is 9.16. The molecule has 0 radical (unpaired) electrons. The van der Waals surface area contributed by atoms with Gasteiger partial charge in [-0.3, -0.25) is 0 Å². The zero-order chi connectivity index (χ0) is 15.8. The number of aliphatic hydroxyl groups is 1. The molecule has 1 N–H and O–H groups in total. The van der Waals surface area contributed by atoms with Crippen molar-refractivity contribution in [2.75, 3.05) is 6.61 Å². The Morgan fingerprint density at radius 1 is 1.13 bits per heavy atom. The van der Waals surface area contributed by atoms with E-state index in [2.05, 4.69) is 5.16 Å². The van der Waals surface area contributed by atoms with Gasteiger partial charge in [0.25, 0.3) is 0 Å². The summed E-state index contributed by atoms with van der Waals surface area (Å²) in [6.07, 6.45) is 6.23. The molecule has 0 atom stereocenters. The minimum Gasteiger partial charge on any atom is -1.00 e. The molecule has 0 amide bonds. The van der Waals surface area contributed by atoms with Gasteiger partial charge >= 0.3 is 0 Å². The Bertz CT molecular complexity index is 616. The van der Waals surface area contributed by atoms with E-state index < -0.39 is 0 Å². The Balaban J connectivity index is 0.00000264. The Kier molecular flexibility index (Phi) is 9.17. The third-order valence-corrected chi connectivity index (χ3v) is 3.75.